The first-order chi connectivity index (χ1) is 11.6. The smallest absolute Gasteiger partial charge is 0.223 e. The normalized spacial score (nSPS) is 14.1. The Bertz CT molecular complexity index is 328. The third kappa shape index (κ3) is 12.6. The highest BCUT2D eigenvalue weighted by Gasteiger charge is 2.29. The minimum absolute atomic E-state index is 0.0306. The highest BCUT2D eigenvalue weighted by molar-refractivity contribution is 5.80. The maximum Gasteiger partial charge on any atom is 0.223 e. The lowest BCUT2D eigenvalue weighted by Gasteiger charge is -2.24. The first-order valence-corrected chi connectivity index (χ1v) is 10.1. The third-order valence-corrected chi connectivity index (χ3v) is 5.00. The van der Waals surface area contributed by atoms with Gasteiger partial charge in [-0.1, -0.05) is 77.4 Å². The Balaban J connectivity index is 3.47. The standard InChI is InChI=1S/C21H41NO2/c1-3-4-5-6-7-8-9-10-11-12-13-14-15-16-17-21(2,18-19-23)20(22)24/h10-11,23H,3-9,12-19H2,1-2H3,(H2,22,24)/t21-/m1/s1. The number of rotatable bonds is 17. The van der Waals surface area contributed by atoms with Gasteiger partial charge in [-0.15, -0.1) is 0 Å². The van der Waals surface area contributed by atoms with Gasteiger partial charge in [-0.2, -0.15) is 0 Å². The molecular weight excluding hydrogens is 298 g/mol. The Kier molecular flexibility index (Phi) is 15.1. The zero-order chi connectivity index (χ0) is 18.1. The van der Waals surface area contributed by atoms with Crippen LogP contribution >= 0.6 is 0 Å². The van der Waals surface area contributed by atoms with Gasteiger partial charge in [0.25, 0.3) is 0 Å². The number of allylic oxidation sites excluding steroid dienone is 2. The third-order valence-electron chi connectivity index (χ3n) is 5.00. The largest absolute Gasteiger partial charge is 0.396 e. The molecule has 0 aliphatic carbocycles. The van der Waals surface area contributed by atoms with Gasteiger partial charge in [-0.3, -0.25) is 4.79 Å². The molecule has 142 valence electrons. The van der Waals surface area contributed by atoms with Gasteiger partial charge in [-0.25, -0.2) is 0 Å². The molecule has 0 radical (unpaired) electrons. The van der Waals surface area contributed by atoms with Gasteiger partial charge in [-0.05, 0) is 38.5 Å². The van der Waals surface area contributed by atoms with Crippen molar-refractivity contribution in [2.45, 2.75) is 104 Å². The summed E-state index contributed by atoms with van der Waals surface area (Å²) in [4.78, 5) is 11.5. The molecule has 0 aromatic heterocycles. The fraction of sp³-hybridized carbons (Fsp3) is 0.857. The maximum absolute atomic E-state index is 11.5. The van der Waals surface area contributed by atoms with E-state index in [1.807, 2.05) is 6.92 Å². The molecule has 24 heavy (non-hydrogen) atoms. The van der Waals surface area contributed by atoms with E-state index in [-0.39, 0.29) is 12.5 Å². The van der Waals surface area contributed by atoms with Crippen LogP contribution in [0.15, 0.2) is 12.2 Å². The van der Waals surface area contributed by atoms with Crippen molar-refractivity contribution in [2.75, 3.05) is 6.61 Å². The van der Waals surface area contributed by atoms with E-state index in [0.29, 0.717) is 6.42 Å². The second-order valence-corrected chi connectivity index (χ2v) is 7.38. The molecule has 0 aliphatic heterocycles. The molecule has 0 rings (SSSR count). The minimum Gasteiger partial charge on any atom is -0.396 e. The molecule has 1 amide bonds. The molecular formula is C21H41NO2. The summed E-state index contributed by atoms with van der Waals surface area (Å²) in [6.45, 7) is 4.16. The lowest BCUT2D eigenvalue weighted by Crippen LogP contribution is -2.35. The Hall–Kier alpha value is -0.830. The van der Waals surface area contributed by atoms with Gasteiger partial charge in [0.2, 0.25) is 5.91 Å². The maximum atomic E-state index is 11.5. The molecule has 0 aliphatic rings. The Morgan fingerprint density at radius 3 is 1.88 bits per heavy atom. The van der Waals surface area contributed by atoms with Gasteiger partial charge in [0, 0.05) is 12.0 Å². The van der Waals surface area contributed by atoms with Gasteiger partial charge >= 0.3 is 0 Å². The molecule has 0 aromatic rings. The number of nitrogens with two attached hydrogens (primary N) is 1. The van der Waals surface area contributed by atoms with Gasteiger partial charge in [0.05, 0.1) is 0 Å². The summed E-state index contributed by atoms with van der Waals surface area (Å²) in [6, 6.07) is 0. The van der Waals surface area contributed by atoms with E-state index >= 15 is 0 Å². The van der Waals surface area contributed by atoms with Gasteiger partial charge in [0.1, 0.15) is 0 Å². The van der Waals surface area contributed by atoms with Crippen LogP contribution in [0.2, 0.25) is 0 Å². The van der Waals surface area contributed by atoms with Crippen molar-refractivity contribution in [1.29, 1.82) is 0 Å². The molecule has 0 fully saturated rings. The van der Waals surface area contributed by atoms with E-state index in [2.05, 4.69) is 19.1 Å². The summed E-state index contributed by atoms with van der Waals surface area (Å²) in [7, 11) is 0. The van der Waals surface area contributed by atoms with Crippen molar-refractivity contribution < 1.29 is 9.90 Å². The van der Waals surface area contributed by atoms with Crippen LogP contribution in [0.3, 0.4) is 0 Å². The highest BCUT2D eigenvalue weighted by Crippen LogP contribution is 2.28. The summed E-state index contributed by atoms with van der Waals surface area (Å²) < 4.78 is 0. The minimum atomic E-state index is -0.536. The van der Waals surface area contributed by atoms with Crippen LogP contribution in [0.25, 0.3) is 0 Å². The topological polar surface area (TPSA) is 63.3 Å². The molecule has 3 heteroatoms. The highest BCUT2D eigenvalue weighted by atomic mass is 16.3. The van der Waals surface area contributed by atoms with Gasteiger partial charge in [0.15, 0.2) is 0 Å². The van der Waals surface area contributed by atoms with E-state index in [0.717, 1.165) is 19.3 Å². The van der Waals surface area contributed by atoms with E-state index in [1.165, 1.54) is 64.2 Å². The van der Waals surface area contributed by atoms with Crippen LogP contribution < -0.4 is 5.73 Å². The summed E-state index contributed by atoms with van der Waals surface area (Å²) in [5, 5.41) is 9.05. The number of carbonyl (C=O) groups is 1. The molecule has 0 unspecified atom stereocenters. The lowest BCUT2D eigenvalue weighted by molar-refractivity contribution is -0.128. The predicted molar refractivity (Wildman–Crippen MR) is 104 cm³/mol. The van der Waals surface area contributed by atoms with Crippen LogP contribution in [0.1, 0.15) is 104 Å². The van der Waals surface area contributed by atoms with Crippen molar-refractivity contribution in [3.05, 3.63) is 12.2 Å². The molecule has 0 saturated carbocycles. The monoisotopic (exact) mass is 339 g/mol. The summed E-state index contributed by atoms with van der Waals surface area (Å²) in [5.41, 5.74) is 4.92. The van der Waals surface area contributed by atoms with Crippen LogP contribution in [-0.2, 0) is 4.79 Å². The molecule has 0 aromatic carbocycles. The van der Waals surface area contributed by atoms with Crippen LogP contribution in [0.4, 0.5) is 0 Å². The van der Waals surface area contributed by atoms with Crippen LogP contribution in [-0.4, -0.2) is 17.6 Å². The Morgan fingerprint density at radius 2 is 1.38 bits per heavy atom. The molecule has 3 nitrogen and oxygen atoms in total. The molecule has 1 atom stereocenters. The van der Waals surface area contributed by atoms with Crippen molar-refractivity contribution in [3.8, 4) is 0 Å². The fourth-order valence-corrected chi connectivity index (χ4v) is 3.03. The second-order valence-electron chi connectivity index (χ2n) is 7.38. The Labute approximate surface area is 150 Å². The molecule has 3 N–H and O–H groups in total. The van der Waals surface area contributed by atoms with E-state index < -0.39 is 5.41 Å². The number of carbonyl (C=O) groups excluding carboxylic acids is 1. The predicted octanol–water partition coefficient (Wildman–Crippen LogP) is 5.51. The average Bonchev–Trinajstić information content (AvgIpc) is 2.55. The van der Waals surface area contributed by atoms with Crippen molar-refractivity contribution in [3.63, 3.8) is 0 Å². The quantitative estimate of drug-likeness (QED) is 0.271. The van der Waals surface area contributed by atoms with E-state index in [9.17, 15) is 4.79 Å². The SMILES string of the molecule is CCCCCCCCC=CCCCCCC[C@](C)(CCO)C(N)=O. The number of aliphatic hydroxyl groups excluding tert-OH is 1. The van der Waals surface area contributed by atoms with Crippen LogP contribution in [0, 0.1) is 5.41 Å². The zero-order valence-corrected chi connectivity index (χ0v) is 16.2. The van der Waals surface area contributed by atoms with E-state index in [1.54, 1.807) is 0 Å². The number of hydrogen-bond donors (Lipinski definition) is 2. The van der Waals surface area contributed by atoms with Crippen LogP contribution in [0.5, 0.6) is 0 Å². The van der Waals surface area contributed by atoms with Crippen molar-refractivity contribution in [1.82, 2.24) is 0 Å². The number of unbranched alkanes of at least 4 members (excludes halogenated alkanes) is 10. The number of aliphatic hydroxyl groups is 1. The fourth-order valence-electron chi connectivity index (χ4n) is 3.03. The molecule has 0 saturated heterocycles. The summed E-state index contributed by atoms with van der Waals surface area (Å²) >= 11 is 0. The Morgan fingerprint density at radius 1 is 0.875 bits per heavy atom. The van der Waals surface area contributed by atoms with E-state index in [4.69, 9.17) is 10.8 Å². The first-order valence-electron chi connectivity index (χ1n) is 10.1. The average molecular weight is 340 g/mol. The number of amides is 1. The van der Waals surface area contributed by atoms with Crippen molar-refractivity contribution in [2.24, 2.45) is 11.1 Å². The number of primary amides is 1. The zero-order valence-electron chi connectivity index (χ0n) is 16.2. The first kappa shape index (κ1) is 23.2. The summed E-state index contributed by atoms with van der Waals surface area (Å²) in [6.07, 6.45) is 21.1. The summed E-state index contributed by atoms with van der Waals surface area (Å²) in [5.74, 6) is -0.283. The van der Waals surface area contributed by atoms with Gasteiger partial charge < -0.3 is 10.8 Å². The second kappa shape index (κ2) is 15.7. The molecule has 0 bridgehead atoms. The molecule has 0 heterocycles. The lowest BCUT2D eigenvalue weighted by atomic mass is 9.81. The molecule has 0 spiro atoms. The number of hydrogen-bond acceptors (Lipinski definition) is 2. The van der Waals surface area contributed by atoms with Crippen molar-refractivity contribution >= 4 is 5.91 Å².